The van der Waals surface area contributed by atoms with E-state index in [-0.39, 0.29) is 41.5 Å². The summed E-state index contributed by atoms with van der Waals surface area (Å²) >= 11 is 1.66. The molecule has 2 heterocycles. The van der Waals surface area contributed by atoms with Crippen LogP contribution in [-0.4, -0.2) is 36.0 Å². The molecular formula is C15H19Cl2N3O2S. The van der Waals surface area contributed by atoms with E-state index in [2.05, 4.69) is 16.3 Å². The van der Waals surface area contributed by atoms with Crippen molar-refractivity contribution in [3.05, 3.63) is 62.3 Å². The van der Waals surface area contributed by atoms with Gasteiger partial charge in [0.15, 0.2) is 0 Å². The molecule has 0 radical (unpaired) electrons. The number of nitrogens with zero attached hydrogens (tertiary/aromatic N) is 2. The lowest BCUT2D eigenvalue weighted by molar-refractivity contribution is -0.385. The zero-order chi connectivity index (χ0) is 14.7. The van der Waals surface area contributed by atoms with Crippen LogP contribution in [0.5, 0.6) is 0 Å². The minimum atomic E-state index is -0.280. The van der Waals surface area contributed by atoms with E-state index in [0.717, 1.165) is 36.6 Å². The quantitative estimate of drug-likeness (QED) is 0.656. The molecule has 0 aliphatic carbocycles. The third-order valence-electron chi connectivity index (χ3n) is 3.76. The van der Waals surface area contributed by atoms with E-state index in [1.54, 1.807) is 23.5 Å². The number of halogens is 2. The van der Waals surface area contributed by atoms with Gasteiger partial charge in [-0.25, -0.2) is 0 Å². The number of nitro groups is 1. The van der Waals surface area contributed by atoms with Crippen LogP contribution in [0.2, 0.25) is 0 Å². The average Bonchev–Trinajstić information content (AvgIpc) is 3.03. The predicted octanol–water partition coefficient (Wildman–Crippen LogP) is 3.49. The molecule has 23 heavy (non-hydrogen) atoms. The van der Waals surface area contributed by atoms with Gasteiger partial charge in [0.05, 0.1) is 16.5 Å². The highest BCUT2D eigenvalue weighted by Gasteiger charge is 2.29. The number of nitro benzene ring substituents is 1. The summed E-state index contributed by atoms with van der Waals surface area (Å²) < 4.78 is 0. The highest BCUT2D eigenvalue weighted by molar-refractivity contribution is 7.10. The smallest absolute Gasteiger partial charge is 0.274 e. The summed E-state index contributed by atoms with van der Waals surface area (Å²) in [7, 11) is 0. The number of piperazine rings is 1. The first kappa shape index (κ1) is 19.9. The maximum atomic E-state index is 11.4. The topological polar surface area (TPSA) is 58.4 Å². The summed E-state index contributed by atoms with van der Waals surface area (Å²) in [5.74, 6) is 0. The van der Waals surface area contributed by atoms with Gasteiger partial charge in [-0.05, 0) is 11.4 Å². The van der Waals surface area contributed by atoms with Gasteiger partial charge in [0.25, 0.3) is 5.69 Å². The van der Waals surface area contributed by atoms with E-state index in [1.165, 1.54) is 0 Å². The van der Waals surface area contributed by atoms with Crippen LogP contribution in [0.25, 0.3) is 0 Å². The lowest BCUT2D eigenvalue weighted by Gasteiger charge is -2.34. The Morgan fingerprint density at radius 2 is 1.83 bits per heavy atom. The lowest BCUT2D eigenvalue weighted by Crippen LogP contribution is -2.45. The number of rotatable bonds is 4. The van der Waals surface area contributed by atoms with Crippen LogP contribution in [-0.2, 0) is 0 Å². The number of thiophene rings is 1. The van der Waals surface area contributed by atoms with Gasteiger partial charge in [-0.2, -0.15) is 0 Å². The Morgan fingerprint density at radius 3 is 2.43 bits per heavy atom. The van der Waals surface area contributed by atoms with Crippen LogP contribution in [0.4, 0.5) is 5.69 Å². The Bertz CT molecular complexity index is 619. The second kappa shape index (κ2) is 9.20. The zero-order valence-electron chi connectivity index (χ0n) is 12.4. The fourth-order valence-electron chi connectivity index (χ4n) is 2.80. The van der Waals surface area contributed by atoms with Crippen molar-refractivity contribution >= 4 is 41.8 Å². The molecule has 1 aliphatic heterocycles. The van der Waals surface area contributed by atoms with Crippen LogP contribution < -0.4 is 5.32 Å². The van der Waals surface area contributed by atoms with Crippen molar-refractivity contribution in [1.29, 1.82) is 0 Å². The van der Waals surface area contributed by atoms with Gasteiger partial charge < -0.3 is 5.32 Å². The third-order valence-corrected chi connectivity index (χ3v) is 4.68. The molecule has 1 aromatic carbocycles. The summed E-state index contributed by atoms with van der Waals surface area (Å²) in [6.45, 7) is 3.63. The summed E-state index contributed by atoms with van der Waals surface area (Å²) in [5.41, 5.74) is 0.987. The van der Waals surface area contributed by atoms with Crippen molar-refractivity contribution in [2.75, 3.05) is 26.2 Å². The van der Waals surface area contributed by atoms with Crippen molar-refractivity contribution < 1.29 is 4.92 Å². The van der Waals surface area contributed by atoms with Crippen LogP contribution in [0.1, 0.15) is 16.5 Å². The third kappa shape index (κ3) is 4.43. The van der Waals surface area contributed by atoms with Gasteiger partial charge >= 0.3 is 0 Å². The van der Waals surface area contributed by atoms with Crippen LogP contribution in [0.15, 0.2) is 41.8 Å². The van der Waals surface area contributed by atoms with Gasteiger partial charge in [0.1, 0.15) is 0 Å². The summed E-state index contributed by atoms with van der Waals surface area (Å²) in [4.78, 5) is 14.6. The minimum absolute atomic E-state index is 0. The molecule has 3 rings (SSSR count). The van der Waals surface area contributed by atoms with Crippen molar-refractivity contribution in [3.63, 3.8) is 0 Å². The molecular weight excluding hydrogens is 357 g/mol. The maximum absolute atomic E-state index is 11.4. The summed E-state index contributed by atoms with van der Waals surface area (Å²) in [6, 6.07) is 11.1. The predicted molar refractivity (Wildman–Crippen MR) is 98.2 cm³/mol. The van der Waals surface area contributed by atoms with E-state index in [9.17, 15) is 10.1 Å². The fourth-order valence-corrected chi connectivity index (χ4v) is 3.68. The van der Waals surface area contributed by atoms with Crippen molar-refractivity contribution in [1.82, 2.24) is 10.2 Å². The number of para-hydroxylation sites is 1. The highest BCUT2D eigenvalue weighted by Crippen LogP contribution is 2.36. The van der Waals surface area contributed by atoms with Crippen LogP contribution >= 0.6 is 36.2 Å². The zero-order valence-corrected chi connectivity index (χ0v) is 14.8. The molecule has 1 N–H and O–H groups in total. The molecule has 1 aromatic heterocycles. The SMILES string of the molecule is Cl.Cl.O=[N+]([O-])c1ccccc1[C@H](c1cccs1)N1CCNCC1. The summed E-state index contributed by atoms with van der Waals surface area (Å²) in [6.07, 6.45) is 0. The Kier molecular flexibility index (Phi) is 7.94. The second-order valence-corrected chi connectivity index (χ2v) is 6.00. The van der Waals surface area contributed by atoms with Gasteiger partial charge in [-0.3, -0.25) is 15.0 Å². The van der Waals surface area contributed by atoms with Gasteiger partial charge in [-0.15, -0.1) is 36.2 Å². The van der Waals surface area contributed by atoms with E-state index in [0.29, 0.717) is 0 Å². The molecule has 0 saturated carbocycles. The van der Waals surface area contributed by atoms with Crippen LogP contribution in [0.3, 0.4) is 0 Å². The van der Waals surface area contributed by atoms with E-state index < -0.39 is 0 Å². The molecule has 1 aliphatic rings. The monoisotopic (exact) mass is 375 g/mol. The number of hydrogen-bond acceptors (Lipinski definition) is 5. The number of benzene rings is 1. The molecule has 1 atom stereocenters. The van der Waals surface area contributed by atoms with Gasteiger partial charge in [-0.1, -0.05) is 24.3 Å². The maximum Gasteiger partial charge on any atom is 0.274 e. The Hall–Kier alpha value is -1.18. The van der Waals surface area contributed by atoms with E-state index in [4.69, 9.17) is 0 Å². The molecule has 0 bridgehead atoms. The van der Waals surface area contributed by atoms with Gasteiger partial charge in [0.2, 0.25) is 0 Å². The van der Waals surface area contributed by atoms with Crippen LogP contribution in [0, 0.1) is 10.1 Å². The molecule has 0 spiro atoms. The fraction of sp³-hybridized carbons (Fsp3) is 0.333. The van der Waals surface area contributed by atoms with Crippen molar-refractivity contribution in [2.24, 2.45) is 0 Å². The Labute approximate surface area is 151 Å². The molecule has 8 heteroatoms. The van der Waals surface area contributed by atoms with Gasteiger partial charge in [0, 0.05) is 37.1 Å². The first-order valence-electron chi connectivity index (χ1n) is 6.99. The van der Waals surface area contributed by atoms with E-state index >= 15 is 0 Å². The normalized spacial score (nSPS) is 16.0. The standard InChI is InChI=1S/C15H17N3O2S.2ClH/c19-18(20)13-5-2-1-4-12(13)15(14-6-3-11-21-14)17-9-7-16-8-10-17;;/h1-6,11,15-16H,7-10H2;2*1H/t15-;;/m1../s1. The molecule has 0 unspecified atom stereocenters. The molecule has 126 valence electrons. The first-order chi connectivity index (χ1) is 10.3. The molecule has 2 aromatic rings. The molecule has 0 amide bonds. The van der Waals surface area contributed by atoms with Crippen molar-refractivity contribution in [2.45, 2.75) is 6.04 Å². The Balaban J connectivity index is 0.00000132. The number of hydrogen-bond donors (Lipinski definition) is 1. The second-order valence-electron chi connectivity index (χ2n) is 5.02. The lowest BCUT2D eigenvalue weighted by atomic mass is 10.0. The minimum Gasteiger partial charge on any atom is -0.314 e. The van der Waals surface area contributed by atoms with E-state index in [1.807, 2.05) is 23.6 Å². The molecule has 5 nitrogen and oxygen atoms in total. The van der Waals surface area contributed by atoms with Crippen molar-refractivity contribution in [3.8, 4) is 0 Å². The average molecular weight is 376 g/mol. The summed E-state index contributed by atoms with van der Waals surface area (Å²) in [5, 5.41) is 16.7. The molecule has 1 fully saturated rings. The molecule has 1 saturated heterocycles. The number of nitrogens with one attached hydrogen (secondary N) is 1. The highest BCUT2D eigenvalue weighted by atomic mass is 35.5. The first-order valence-corrected chi connectivity index (χ1v) is 7.87. The largest absolute Gasteiger partial charge is 0.314 e. The Morgan fingerprint density at radius 1 is 1.13 bits per heavy atom.